The highest BCUT2D eigenvalue weighted by molar-refractivity contribution is 9.10. The zero-order valence-corrected chi connectivity index (χ0v) is 14.7. The molecule has 1 aliphatic heterocycles. The highest BCUT2D eigenvalue weighted by Gasteiger charge is 2.49. The Morgan fingerprint density at radius 1 is 1.48 bits per heavy atom. The number of aromatic nitrogens is 2. The Bertz CT molecular complexity index is 771. The monoisotopic (exact) mass is 378 g/mol. The highest BCUT2D eigenvalue weighted by Crippen LogP contribution is 2.36. The number of fused-ring (bicyclic) bond motifs is 1. The Balaban J connectivity index is 1.92. The van der Waals surface area contributed by atoms with E-state index in [0.29, 0.717) is 25.2 Å². The molecule has 1 fully saturated rings. The van der Waals surface area contributed by atoms with Gasteiger partial charge in [0.1, 0.15) is 5.41 Å². The van der Waals surface area contributed by atoms with Gasteiger partial charge in [0.2, 0.25) is 11.8 Å². The van der Waals surface area contributed by atoms with E-state index in [1.807, 2.05) is 32.0 Å². The lowest BCUT2D eigenvalue weighted by molar-refractivity contribution is -0.138. The number of H-pyrrole nitrogens is 1. The van der Waals surface area contributed by atoms with Crippen LogP contribution in [0.2, 0.25) is 0 Å². The Kier molecular flexibility index (Phi) is 4.14. The van der Waals surface area contributed by atoms with Crippen molar-refractivity contribution in [3.63, 3.8) is 0 Å². The topological polar surface area (TPSA) is 86.9 Å². The minimum Gasteiger partial charge on any atom is -0.355 e. The number of halogens is 1. The van der Waals surface area contributed by atoms with Gasteiger partial charge in [-0.3, -0.25) is 14.7 Å². The van der Waals surface area contributed by atoms with Crippen molar-refractivity contribution in [1.82, 2.24) is 15.5 Å². The normalized spacial score (nSPS) is 21.0. The number of carbonyl (C=O) groups is 2. The Labute approximate surface area is 142 Å². The molecular formula is C16H19BrN4O2. The summed E-state index contributed by atoms with van der Waals surface area (Å²) in [4.78, 5) is 25.2. The molecular weight excluding hydrogens is 360 g/mol. The highest BCUT2D eigenvalue weighted by atomic mass is 79.9. The number of benzene rings is 1. The number of carbonyl (C=O) groups excluding carboxylic acids is 2. The van der Waals surface area contributed by atoms with E-state index in [0.717, 1.165) is 15.4 Å². The smallest absolute Gasteiger partial charge is 0.241 e. The van der Waals surface area contributed by atoms with Gasteiger partial charge in [-0.25, -0.2) is 0 Å². The van der Waals surface area contributed by atoms with Crippen LogP contribution in [0.25, 0.3) is 10.9 Å². The van der Waals surface area contributed by atoms with Crippen LogP contribution >= 0.6 is 15.9 Å². The molecule has 3 N–H and O–H groups in total. The molecule has 0 spiro atoms. The van der Waals surface area contributed by atoms with Crippen LogP contribution in [0.15, 0.2) is 22.7 Å². The number of anilines is 1. The molecule has 122 valence electrons. The van der Waals surface area contributed by atoms with E-state index in [-0.39, 0.29) is 17.7 Å². The SMILES string of the molecule is CC(C)CC1(C(=O)Nc2n[nH]c3ccc(Br)cc23)CCNC1=O. The molecule has 2 aromatic rings. The van der Waals surface area contributed by atoms with Crippen LogP contribution in [0, 0.1) is 11.3 Å². The molecule has 1 atom stereocenters. The first kappa shape index (κ1) is 16.0. The minimum atomic E-state index is -1.01. The molecule has 0 radical (unpaired) electrons. The molecule has 0 aliphatic carbocycles. The van der Waals surface area contributed by atoms with Gasteiger partial charge in [0, 0.05) is 16.4 Å². The van der Waals surface area contributed by atoms with Crippen molar-refractivity contribution in [3.05, 3.63) is 22.7 Å². The van der Waals surface area contributed by atoms with Crippen LogP contribution in [0.3, 0.4) is 0 Å². The number of nitrogens with zero attached hydrogens (tertiary/aromatic N) is 1. The second kappa shape index (κ2) is 5.96. The molecule has 0 bridgehead atoms. The molecule has 1 unspecified atom stereocenters. The number of hydrogen-bond acceptors (Lipinski definition) is 3. The molecule has 23 heavy (non-hydrogen) atoms. The fourth-order valence-corrected chi connectivity index (χ4v) is 3.54. The Hall–Kier alpha value is -1.89. The van der Waals surface area contributed by atoms with Crippen molar-refractivity contribution in [2.75, 3.05) is 11.9 Å². The molecule has 0 saturated carbocycles. The van der Waals surface area contributed by atoms with Crippen molar-refractivity contribution < 1.29 is 9.59 Å². The summed E-state index contributed by atoms with van der Waals surface area (Å²) in [5.74, 6) is 0.225. The van der Waals surface area contributed by atoms with Crippen molar-refractivity contribution >= 4 is 44.5 Å². The number of rotatable bonds is 4. The summed E-state index contributed by atoms with van der Waals surface area (Å²) in [6.45, 7) is 4.56. The maximum absolute atomic E-state index is 12.9. The zero-order valence-electron chi connectivity index (χ0n) is 13.1. The van der Waals surface area contributed by atoms with E-state index in [4.69, 9.17) is 0 Å². The fourth-order valence-electron chi connectivity index (χ4n) is 3.18. The van der Waals surface area contributed by atoms with Crippen LogP contribution in [0.1, 0.15) is 26.7 Å². The van der Waals surface area contributed by atoms with Gasteiger partial charge in [-0.05, 0) is 37.0 Å². The van der Waals surface area contributed by atoms with E-state index in [1.165, 1.54) is 0 Å². The van der Waals surface area contributed by atoms with Crippen molar-refractivity contribution in [3.8, 4) is 0 Å². The van der Waals surface area contributed by atoms with Gasteiger partial charge in [0.05, 0.1) is 5.52 Å². The van der Waals surface area contributed by atoms with E-state index in [1.54, 1.807) is 0 Å². The lowest BCUT2D eigenvalue weighted by Crippen LogP contribution is -2.43. The maximum atomic E-state index is 12.9. The average Bonchev–Trinajstić information content (AvgIpc) is 3.04. The summed E-state index contributed by atoms with van der Waals surface area (Å²) in [7, 11) is 0. The molecule has 2 amide bonds. The van der Waals surface area contributed by atoms with Crippen molar-refractivity contribution in [2.45, 2.75) is 26.7 Å². The van der Waals surface area contributed by atoms with Crippen LogP contribution in [0.5, 0.6) is 0 Å². The van der Waals surface area contributed by atoms with Gasteiger partial charge in [-0.15, -0.1) is 0 Å². The minimum absolute atomic E-state index is 0.190. The quantitative estimate of drug-likeness (QED) is 0.714. The molecule has 1 aromatic heterocycles. The van der Waals surface area contributed by atoms with Crippen LogP contribution < -0.4 is 10.6 Å². The number of hydrogen-bond donors (Lipinski definition) is 3. The number of amides is 2. The van der Waals surface area contributed by atoms with Crippen LogP contribution in [-0.4, -0.2) is 28.6 Å². The third-order valence-electron chi connectivity index (χ3n) is 4.22. The molecule has 6 nitrogen and oxygen atoms in total. The Morgan fingerprint density at radius 2 is 2.26 bits per heavy atom. The first-order chi connectivity index (χ1) is 10.9. The lowest BCUT2D eigenvalue weighted by Gasteiger charge is -2.26. The second-order valence-electron chi connectivity index (χ2n) is 6.40. The molecule has 1 aromatic carbocycles. The standard InChI is InChI=1S/C16H19BrN4O2/c1-9(2)8-16(5-6-18-14(16)22)15(23)19-13-11-7-10(17)3-4-12(11)20-21-13/h3-4,7,9H,5-6,8H2,1-2H3,(H,18,22)(H2,19,20,21,23). The molecule has 1 aliphatic rings. The largest absolute Gasteiger partial charge is 0.355 e. The number of aromatic amines is 1. The summed E-state index contributed by atoms with van der Waals surface area (Å²) in [6.07, 6.45) is 1.04. The van der Waals surface area contributed by atoms with Crippen LogP contribution in [0.4, 0.5) is 5.82 Å². The summed E-state index contributed by atoms with van der Waals surface area (Å²) < 4.78 is 0.900. The first-order valence-corrected chi connectivity index (χ1v) is 8.45. The fraction of sp³-hybridized carbons (Fsp3) is 0.438. The van der Waals surface area contributed by atoms with E-state index in [2.05, 4.69) is 36.8 Å². The van der Waals surface area contributed by atoms with Gasteiger partial charge in [-0.2, -0.15) is 5.10 Å². The maximum Gasteiger partial charge on any atom is 0.241 e. The molecule has 1 saturated heterocycles. The summed E-state index contributed by atoms with van der Waals surface area (Å²) in [6, 6.07) is 5.67. The van der Waals surface area contributed by atoms with Gasteiger partial charge >= 0.3 is 0 Å². The average molecular weight is 379 g/mol. The van der Waals surface area contributed by atoms with E-state index in [9.17, 15) is 9.59 Å². The first-order valence-electron chi connectivity index (χ1n) is 7.66. The van der Waals surface area contributed by atoms with E-state index < -0.39 is 5.41 Å². The van der Waals surface area contributed by atoms with Crippen LogP contribution in [-0.2, 0) is 9.59 Å². The zero-order chi connectivity index (χ0) is 16.6. The van der Waals surface area contributed by atoms with Gasteiger partial charge in [-0.1, -0.05) is 29.8 Å². The van der Waals surface area contributed by atoms with Crippen molar-refractivity contribution in [1.29, 1.82) is 0 Å². The predicted molar refractivity (Wildman–Crippen MR) is 91.9 cm³/mol. The number of nitrogens with one attached hydrogen (secondary N) is 3. The molecule has 2 heterocycles. The summed E-state index contributed by atoms with van der Waals surface area (Å²) >= 11 is 3.42. The van der Waals surface area contributed by atoms with Gasteiger partial charge in [0.15, 0.2) is 5.82 Å². The van der Waals surface area contributed by atoms with E-state index >= 15 is 0 Å². The van der Waals surface area contributed by atoms with Crippen molar-refractivity contribution in [2.24, 2.45) is 11.3 Å². The lowest BCUT2D eigenvalue weighted by atomic mass is 9.77. The van der Waals surface area contributed by atoms with Gasteiger partial charge < -0.3 is 10.6 Å². The second-order valence-corrected chi connectivity index (χ2v) is 7.32. The Morgan fingerprint density at radius 3 is 2.91 bits per heavy atom. The third-order valence-corrected chi connectivity index (χ3v) is 4.71. The summed E-state index contributed by atoms with van der Waals surface area (Å²) in [5.41, 5.74) is -0.178. The predicted octanol–water partition coefficient (Wildman–Crippen LogP) is 2.82. The molecule has 3 rings (SSSR count). The third kappa shape index (κ3) is 2.85. The summed E-state index contributed by atoms with van der Waals surface area (Å²) in [5, 5.41) is 13.5. The van der Waals surface area contributed by atoms with Gasteiger partial charge in [0.25, 0.3) is 0 Å². The molecule has 7 heteroatoms.